The maximum Gasteiger partial charge on any atom is 0.268 e. The molecule has 0 spiro atoms. The standard InChI is InChI=1S/C25H48NO4P/c1-4-5-6-7-8-9-10-11-12-13-14-15-16-17-18-19-24-29-31(27,28)30-25-20-22-26(2,3)23-21-25/h1,25H,5-24H2,2-3H3. The Bertz CT molecular complexity index is 522. The summed E-state index contributed by atoms with van der Waals surface area (Å²) in [4.78, 5) is 12.0. The monoisotopic (exact) mass is 457 g/mol. The van der Waals surface area contributed by atoms with Gasteiger partial charge in [0.1, 0.15) is 0 Å². The Hall–Kier alpha value is -0.370. The van der Waals surface area contributed by atoms with Gasteiger partial charge < -0.3 is 18.4 Å². The van der Waals surface area contributed by atoms with Crippen LogP contribution in [-0.4, -0.2) is 44.4 Å². The van der Waals surface area contributed by atoms with Crippen LogP contribution in [0.2, 0.25) is 0 Å². The molecule has 1 aliphatic heterocycles. The SMILES string of the molecule is C#CCCCCCCCCCCCCCCCCOP(=O)([O-])OC1CC[N+](C)(C)CC1. The van der Waals surface area contributed by atoms with E-state index in [1.807, 2.05) is 0 Å². The van der Waals surface area contributed by atoms with E-state index in [-0.39, 0.29) is 12.7 Å². The minimum Gasteiger partial charge on any atom is -0.756 e. The molecule has 0 N–H and O–H groups in total. The van der Waals surface area contributed by atoms with Gasteiger partial charge in [0.2, 0.25) is 0 Å². The lowest BCUT2D eigenvalue weighted by atomic mass is 10.0. The highest BCUT2D eigenvalue weighted by Crippen LogP contribution is 2.42. The molecule has 0 radical (unpaired) electrons. The lowest BCUT2D eigenvalue weighted by Crippen LogP contribution is -2.48. The zero-order chi connectivity index (χ0) is 22.8. The van der Waals surface area contributed by atoms with Gasteiger partial charge in [-0.2, -0.15) is 0 Å². The normalized spacial score (nSPS) is 18.5. The molecule has 0 saturated carbocycles. The summed E-state index contributed by atoms with van der Waals surface area (Å²) in [6.45, 7) is 2.13. The smallest absolute Gasteiger partial charge is 0.268 e. The molecule has 1 rings (SSSR count). The van der Waals surface area contributed by atoms with Crippen LogP contribution in [0.25, 0.3) is 0 Å². The largest absolute Gasteiger partial charge is 0.756 e. The van der Waals surface area contributed by atoms with E-state index in [4.69, 9.17) is 15.5 Å². The van der Waals surface area contributed by atoms with E-state index >= 15 is 0 Å². The van der Waals surface area contributed by atoms with Gasteiger partial charge in [-0.15, -0.1) is 12.3 Å². The number of quaternary nitrogens is 1. The third-order valence-corrected chi connectivity index (χ3v) is 7.41. The molecule has 5 nitrogen and oxygen atoms in total. The van der Waals surface area contributed by atoms with Gasteiger partial charge in [0.25, 0.3) is 7.82 Å². The van der Waals surface area contributed by atoms with E-state index in [2.05, 4.69) is 20.0 Å². The third-order valence-electron chi connectivity index (χ3n) is 6.36. The Morgan fingerprint density at radius 2 is 1.26 bits per heavy atom. The van der Waals surface area contributed by atoms with Gasteiger partial charge in [-0.1, -0.05) is 77.0 Å². The van der Waals surface area contributed by atoms with Crippen LogP contribution in [0.1, 0.15) is 109 Å². The lowest BCUT2D eigenvalue weighted by molar-refractivity contribution is -0.896. The first-order valence-corrected chi connectivity index (χ1v) is 14.2. The molecule has 1 aliphatic rings. The van der Waals surface area contributed by atoms with Crippen LogP contribution in [0.4, 0.5) is 0 Å². The van der Waals surface area contributed by atoms with Crippen molar-refractivity contribution in [3.05, 3.63) is 0 Å². The minimum atomic E-state index is -4.16. The first-order chi connectivity index (χ1) is 14.8. The van der Waals surface area contributed by atoms with Crippen molar-refractivity contribution in [2.75, 3.05) is 33.8 Å². The van der Waals surface area contributed by atoms with E-state index in [1.165, 1.54) is 70.6 Å². The lowest BCUT2D eigenvalue weighted by Gasteiger charge is -2.38. The second-order valence-electron chi connectivity index (χ2n) is 9.87. The van der Waals surface area contributed by atoms with Crippen molar-refractivity contribution >= 4 is 7.82 Å². The predicted molar refractivity (Wildman–Crippen MR) is 128 cm³/mol. The molecule has 0 bridgehead atoms. The highest BCUT2D eigenvalue weighted by Gasteiger charge is 2.29. The van der Waals surface area contributed by atoms with Crippen molar-refractivity contribution in [3.8, 4) is 12.3 Å². The van der Waals surface area contributed by atoms with Crippen molar-refractivity contribution in [1.82, 2.24) is 0 Å². The van der Waals surface area contributed by atoms with Crippen molar-refractivity contribution in [1.29, 1.82) is 0 Å². The Morgan fingerprint density at radius 1 is 0.839 bits per heavy atom. The molecular formula is C25H48NO4P. The van der Waals surface area contributed by atoms with Crippen LogP contribution in [0.5, 0.6) is 0 Å². The number of nitrogens with zero attached hydrogens (tertiary/aromatic N) is 1. The second kappa shape index (κ2) is 17.2. The van der Waals surface area contributed by atoms with Crippen molar-refractivity contribution < 1.29 is 23.0 Å². The number of hydrogen-bond donors (Lipinski definition) is 0. The molecule has 0 aliphatic carbocycles. The first-order valence-electron chi connectivity index (χ1n) is 12.7. The minimum absolute atomic E-state index is 0.214. The number of phosphoric ester groups is 1. The summed E-state index contributed by atoms with van der Waals surface area (Å²) in [5.41, 5.74) is 0. The zero-order valence-corrected chi connectivity index (χ0v) is 21.2. The van der Waals surface area contributed by atoms with Gasteiger partial charge in [0.05, 0.1) is 39.9 Å². The number of phosphoric acid groups is 1. The number of rotatable bonds is 19. The number of piperidine rings is 1. The molecule has 0 aromatic heterocycles. The summed E-state index contributed by atoms with van der Waals surface area (Å²) in [6, 6.07) is 0. The fourth-order valence-electron chi connectivity index (χ4n) is 4.19. The average Bonchev–Trinajstić information content (AvgIpc) is 2.72. The van der Waals surface area contributed by atoms with E-state index in [0.717, 1.165) is 56.1 Å². The van der Waals surface area contributed by atoms with E-state index in [1.54, 1.807) is 0 Å². The van der Waals surface area contributed by atoms with E-state index in [9.17, 15) is 9.46 Å². The van der Waals surface area contributed by atoms with E-state index in [0.29, 0.717) is 0 Å². The van der Waals surface area contributed by atoms with Crippen LogP contribution < -0.4 is 4.89 Å². The molecule has 31 heavy (non-hydrogen) atoms. The summed E-state index contributed by atoms with van der Waals surface area (Å²) in [7, 11) is 0.168. The molecule has 1 fully saturated rings. The summed E-state index contributed by atoms with van der Waals surface area (Å²) in [6.07, 6.45) is 24.9. The number of unbranched alkanes of at least 4 members (excludes halogenated alkanes) is 14. The zero-order valence-electron chi connectivity index (χ0n) is 20.3. The summed E-state index contributed by atoms with van der Waals surface area (Å²) < 4.78 is 23.2. The number of terminal acetylenes is 1. The third kappa shape index (κ3) is 16.9. The second-order valence-corrected chi connectivity index (χ2v) is 11.2. The van der Waals surface area contributed by atoms with Crippen LogP contribution in [0, 0.1) is 12.3 Å². The fraction of sp³-hybridized carbons (Fsp3) is 0.920. The van der Waals surface area contributed by atoms with Gasteiger partial charge >= 0.3 is 0 Å². The van der Waals surface area contributed by atoms with Gasteiger partial charge in [-0.05, 0) is 12.8 Å². The fourth-order valence-corrected chi connectivity index (χ4v) is 5.18. The predicted octanol–water partition coefficient (Wildman–Crippen LogP) is 6.21. The molecule has 1 unspecified atom stereocenters. The van der Waals surface area contributed by atoms with Crippen LogP contribution in [-0.2, 0) is 13.6 Å². The molecule has 1 heterocycles. The molecular weight excluding hydrogens is 409 g/mol. The Balaban J connectivity index is 1.84. The molecule has 1 saturated heterocycles. The Labute approximate surface area is 192 Å². The molecule has 0 aromatic rings. The summed E-state index contributed by atoms with van der Waals surface area (Å²) in [5.74, 6) is 2.70. The first kappa shape index (κ1) is 28.7. The maximum atomic E-state index is 12.0. The van der Waals surface area contributed by atoms with Gasteiger partial charge in [0, 0.05) is 19.3 Å². The maximum absolute atomic E-state index is 12.0. The van der Waals surface area contributed by atoms with Gasteiger partial charge in [0.15, 0.2) is 0 Å². The molecule has 1 atom stereocenters. The van der Waals surface area contributed by atoms with Crippen molar-refractivity contribution in [2.45, 2.75) is 115 Å². The average molecular weight is 458 g/mol. The highest BCUT2D eigenvalue weighted by atomic mass is 31.2. The molecule has 6 heteroatoms. The number of hydrogen-bond acceptors (Lipinski definition) is 4. The number of likely N-dealkylation sites (tertiary alicyclic amines) is 1. The van der Waals surface area contributed by atoms with Gasteiger partial charge in [-0.3, -0.25) is 4.57 Å². The molecule has 182 valence electrons. The highest BCUT2D eigenvalue weighted by molar-refractivity contribution is 7.45. The van der Waals surface area contributed by atoms with Crippen molar-refractivity contribution in [2.24, 2.45) is 0 Å². The van der Waals surface area contributed by atoms with Gasteiger partial charge in [-0.25, -0.2) is 0 Å². The van der Waals surface area contributed by atoms with Crippen LogP contribution in [0.3, 0.4) is 0 Å². The Morgan fingerprint density at radius 3 is 1.71 bits per heavy atom. The summed E-state index contributed by atoms with van der Waals surface area (Å²) in [5, 5.41) is 0. The molecule has 0 aromatic carbocycles. The molecule has 0 amide bonds. The quantitative estimate of drug-likeness (QED) is 0.100. The topological polar surface area (TPSA) is 58.6 Å². The van der Waals surface area contributed by atoms with Crippen LogP contribution in [0.15, 0.2) is 0 Å². The summed E-state index contributed by atoms with van der Waals surface area (Å²) >= 11 is 0. The van der Waals surface area contributed by atoms with Crippen LogP contribution >= 0.6 is 7.82 Å². The Kier molecular flexibility index (Phi) is 15.9. The van der Waals surface area contributed by atoms with E-state index < -0.39 is 7.82 Å². The van der Waals surface area contributed by atoms with Crippen molar-refractivity contribution in [3.63, 3.8) is 0 Å².